The van der Waals surface area contributed by atoms with Gasteiger partial charge in [-0.15, -0.1) is 0 Å². The molecule has 0 bridgehead atoms. The highest BCUT2D eigenvalue weighted by atomic mass is 15.1. The fraction of sp³-hybridized carbons (Fsp3) is 0.304. The summed E-state index contributed by atoms with van der Waals surface area (Å²) in [6.07, 6.45) is 4.47. The van der Waals surface area contributed by atoms with E-state index in [0.29, 0.717) is 11.4 Å². The van der Waals surface area contributed by atoms with Crippen LogP contribution in [0.15, 0.2) is 30.3 Å². The molecule has 3 aromatic rings. The van der Waals surface area contributed by atoms with Crippen LogP contribution in [0, 0.1) is 32.1 Å². The molecule has 27 heavy (non-hydrogen) atoms. The number of aryl methyl sites for hydroxylation is 3. The molecule has 0 aliphatic carbocycles. The number of nitriles is 1. The zero-order valence-electron chi connectivity index (χ0n) is 16.1. The van der Waals surface area contributed by atoms with Gasteiger partial charge in [0.1, 0.15) is 11.9 Å². The summed E-state index contributed by atoms with van der Waals surface area (Å²) >= 11 is 0. The maximum Gasteiger partial charge on any atom is 0.149 e. The molecule has 0 amide bonds. The SMILES string of the molecule is Cc1cc2nc(C(C#N)=Cc3ccc(N4CCCC4)cc3C)[nH]c2cc1C. The maximum atomic E-state index is 9.71. The van der Waals surface area contributed by atoms with Crippen LogP contribution < -0.4 is 4.90 Å². The van der Waals surface area contributed by atoms with Crippen LogP contribution in [0.1, 0.15) is 40.9 Å². The summed E-state index contributed by atoms with van der Waals surface area (Å²) in [4.78, 5) is 10.4. The number of benzene rings is 2. The number of H-pyrrole nitrogens is 1. The van der Waals surface area contributed by atoms with Crippen molar-refractivity contribution in [3.8, 4) is 6.07 Å². The fourth-order valence-corrected chi connectivity index (χ4v) is 3.70. The van der Waals surface area contributed by atoms with Crippen molar-refractivity contribution >= 4 is 28.4 Å². The van der Waals surface area contributed by atoms with Crippen LogP contribution in [-0.2, 0) is 0 Å². The molecule has 0 unspecified atom stereocenters. The lowest BCUT2D eigenvalue weighted by Gasteiger charge is -2.18. The second kappa shape index (κ2) is 6.92. The van der Waals surface area contributed by atoms with Gasteiger partial charge in [-0.3, -0.25) is 0 Å². The Morgan fingerprint density at radius 1 is 1.07 bits per heavy atom. The van der Waals surface area contributed by atoms with Gasteiger partial charge in [-0.25, -0.2) is 4.98 Å². The standard InChI is InChI=1S/C23H24N4/c1-15-11-21-22(12-16(15)2)26-23(25-21)19(14-24)13-18-6-7-20(10-17(18)3)27-8-4-5-9-27/h6-7,10-13H,4-5,8-9H2,1-3H3,(H,25,26). The number of aromatic amines is 1. The molecule has 0 saturated carbocycles. The molecular formula is C23H24N4. The number of nitrogens with zero attached hydrogens (tertiary/aromatic N) is 3. The third-order valence-corrected chi connectivity index (χ3v) is 5.50. The average molecular weight is 356 g/mol. The minimum Gasteiger partial charge on any atom is -0.372 e. The molecule has 1 aromatic heterocycles. The number of aromatic nitrogens is 2. The van der Waals surface area contributed by atoms with E-state index >= 15 is 0 Å². The van der Waals surface area contributed by atoms with Crippen molar-refractivity contribution in [2.75, 3.05) is 18.0 Å². The summed E-state index contributed by atoms with van der Waals surface area (Å²) in [5.74, 6) is 0.625. The van der Waals surface area contributed by atoms with E-state index in [1.807, 2.05) is 6.08 Å². The Morgan fingerprint density at radius 2 is 1.81 bits per heavy atom. The van der Waals surface area contributed by atoms with Crippen molar-refractivity contribution < 1.29 is 0 Å². The molecule has 1 saturated heterocycles. The van der Waals surface area contributed by atoms with Gasteiger partial charge in [-0.2, -0.15) is 5.26 Å². The molecule has 4 rings (SSSR count). The Morgan fingerprint density at radius 3 is 2.52 bits per heavy atom. The third kappa shape index (κ3) is 3.33. The molecule has 1 aliphatic heterocycles. The lowest BCUT2D eigenvalue weighted by atomic mass is 10.0. The molecule has 2 heterocycles. The van der Waals surface area contributed by atoms with Crippen molar-refractivity contribution in [1.82, 2.24) is 9.97 Å². The largest absolute Gasteiger partial charge is 0.372 e. The van der Waals surface area contributed by atoms with Gasteiger partial charge < -0.3 is 9.88 Å². The molecule has 1 aliphatic rings. The number of allylic oxidation sites excluding steroid dienone is 1. The van der Waals surface area contributed by atoms with Crippen LogP contribution in [0.4, 0.5) is 5.69 Å². The highest BCUT2D eigenvalue weighted by molar-refractivity contribution is 5.91. The Labute approximate surface area is 160 Å². The summed E-state index contributed by atoms with van der Waals surface area (Å²) in [6.45, 7) is 8.54. The van der Waals surface area contributed by atoms with Gasteiger partial charge in [0.05, 0.1) is 16.6 Å². The summed E-state index contributed by atoms with van der Waals surface area (Å²) < 4.78 is 0. The molecular weight excluding hydrogens is 332 g/mol. The van der Waals surface area contributed by atoms with Gasteiger partial charge in [0.25, 0.3) is 0 Å². The van der Waals surface area contributed by atoms with Crippen molar-refractivity contribution in [2.24, 2.45) is 0 Å². The van der Waals surface area contributed by atoms with Gasteiger partial charge in [-0.1, -0.05) is 6.07 Å². The first kappa shape index (κ1) is 17.4. The van der Waals surface area contributed by atoms with Crippen molar-refractivity contribution in [2.45, 2.75) is 33.6 Å². The molecule has 136 valence electrons. The number of imidazole rings is 1. The number of hydrogen-bond donors (Lipinski definition) is 1. The first-order chi connectivity index (χ1) is 13.0. The van der Waals surface area contributed by atoms with Crippen molar-refractivity contribution in [3.63, 3.8) is 0 Å². The monoisotopic (exact) mass is 356 g/mol. The van der Waals surface area contributed by atoms with Crippen LogP contribution in [0.2, 0.25) is 0 Å². The highest BCUT2D eigenvalue weighted by Crippen LogP contribution is 2.26. The van der Waals surface area contributed by atoms with Gasteiger partial charge in [-0.05, 0) is 86.2 Å². The minimum atomic E-state index is 0.554. The normalized spacial score (nSPS) is 14.7. The zero-order valence-corrected chi connectivity index (χ0v) is 16.1. The predicted molar refractivity (Wildman–Crippen MR) is 112 cm³/mol. The van der Waals surface area contributed by atoms with Gasteiger partial charge in [0, 0.05) is 18.8 Å². The molecule has 0 spiro atoms. The van der Waals surface area contributed by atoms with Crippen molar-refractivity contribution in [1.29, 1.82) is 5.26 Å². The van der Waals surface area contributed by atoms with E-state index < -0.39 is 0 Å². The quantitative estimate of drug-likeness (QED) is 0.660. The summed E-state index contributed by atoms with van der Waals surface area (Å²) in [5.41, 5.74) is 8.35. The van der Waals surface area contributed by atoms with Crippen LogP contribution in [-0.4, -0.2) is 23.1 Å². The van der Waals surface area contributed by atoms with E-state index in [1.54, 1.807) is 0 Å². The van der Waals surface area contributed by atoms with Crippen LogP contribution >= 0.6 is 0 Å². The third-order valence-electron chi connectivity index (χ3n) is 5.50. The predicted octanol–water partition coefficient (Wildman–Crippen LogP) is 5.15. The Bertz CT molecular complexity index is 1040. The van der Waals surface area contributed by atoms with E-state index in [4.69, 9.17) is 0 Å². The van der Waals surface area contributed by atoms with E-state index in [-0.39, 0.29) is 0 Å². The van der Waals surface area contributed by atoms with Gasteiger partial charge in [0.15, 0.2) is 0 Å². The van der Waals surface area contributed by atoms with Crippen LogP contribution in [0.3, 0.4) is 0 Å². The number of anilines is 1. The van der Waals surface area contributed by atoms with Crippen LogP contribution in [0.5, 0.6) is 0 Å². The molecule has 1 fully saturated rings. The lowest BCUT2D eigenvalue weighted by Crippen LogP contribution is -2.17. The number of fused-ring (bicyclic) bond motifs is 1. The van der Waals surface area contributed by atoms with Gasteiger partial charge in [0.2, 0.25) is 0 Å². The fourth-order valence-electron chi connectivity index (χ4n) is 3.70. The Hall–Kier alpha value is -3.06. The Kier molecular flexibility index (Phi) is 4.45. The number of hydrogen-bond acceptors (Lipinski definition) is 3. The topological polar surface area (TPSA) is 55.7 Å². The molecule has 2 aromatic carbocycles. The highest BCUT2D eigenvalue weighted by Gasteiger charge is 2.14. The van der Waals surface area contributed by atoms with E-state index in [9.17, 15) is 5.26 Å². The molecule has 4 nitrogen and oxygen atoms in total. The zero-order chi connectivity index (χ0) is 19.0. The number of nitrogens with one attached hydrogen (secondary N) is 1. The van der Waals surface area contributed by atoms with Crippen molar-refractivity contribution in [3.05, 3.63) is 58.4 Å². The van der Waals surface area contributed by atoms with Crippen LogP contribution in [0.25, 0.3) is 22.7 Å². The lowest BCUT2D eigenvalue weighted by molar-refractivity contribution is 0.949. The second-order valence-electron chi connectivity index (χ2n) is 7.44. The molecule has 1 N–H and O–H groups in total. The summed E-state index contributed by atoms with van der Waals surface area (Å²) in [5, 5.41) is 9.71. The van der Waals surface area contributed by atoms with E-state index in [1.165, 1.54) is 35.2 Å². The maximum absolute atomic E-state index is 9.71. The second-order valence-corrected chi connectivity index (χ2v) is 7.44. The van der Waals surface area contributed by atoms with E-state index in [0.717, 1.165) is 29.7 Å². The summed E-state index contributed by atoms with van der Waals surface area (Å²) in [7, 11) is 0. The molecule has 0 radical (unpaired) electrons. The van der Waals surface area contributed by atoms with E-state index in [2.05, 4.69) is 72.0 Å². The Balaban J connectivity index is 1.70. The average Bonchev–Trinajstić information content (AvgIpc) is 3.31. The first-order valence-corrected chi connectivity index (χ1v) is 9.50. The minimum absolute atomic E-state index is 0.554. The molecule has 4 heteroatoms. The smallest absolute Gasteiger partial charge is 0.149 e. The van der Waals surface area contributed by atoms with Gasteiger partial charge >= 0.3 is 0 Å². The summed E-state index contributed by atoms with van der Waals surface area (Å²) in [6, 6.07) is 13.0. The first-order valence-electron chi connectivity index (χ1n) is 9.50. The number of rotatable bonds is 3. The molecule has 0 atom stereocenters.